The molecule has 1 aromatic carbocycles. The largest absolute Gasteiger partial charge is 0.459 e. The Balaban J connectivity index is 1.22. The number of nitrogens with zero attached hydrogens (tertiary/aromatic N) is 2. The van der Waals surface area contributed by atoms with Crippen molar-refractivity contribution in [2.45, 2.75) is 6.54 Å². The van der Waals surface area contributed by atoms with Crippen molar-refractivity contribution in [2.75, 3.05) is 39.5 Å². The second-order valence-corrected chi connectivity index (χ2v) is 6.50. The van der Waals surface area contributed by atoms with Crippen molar-refractivity contribution in [3.05, 3.63) is 47.9 Å². The van der Waals surface area contributed by atoms with Crippen molar-refractivity contribution in [1.29, 1.82) is 0 Å². The predicted molar refractivity (Wildman–Crippen MR) is 95.5 cm³/mol. The van der Waals surface area contributed by atoms with Crippen molar-refractivity contribution >= 4 is 11.8 Å². The van der Waals surface area contributed by atoms with Crippen molar-refractivity contribution in [2.24, 2.45) is 0 Å². The molecule has 2 aliphatic rings. The predicted octanol–water partition coefficient (Wildman–Crippen LogP) is 1.08. The first-order chi connectivity index (χ1) is 13.2. The molecule has 2 aliphatic heterocycles. The van der Waals surface area contributed by atoms with Gasteiger partial charge in [-0.15, -0.1) is 0 Å². The number of ether oxygens (including phenoxy) is 2. The van der Waals surface area contributed by atoms with E-state index < -0.39 is 0 Å². The van der Waals surface area contributed by atoms with Gasteiger partial charge in [-0.1, -0.05) is 6.07 Å². The van der Waals surface area contributed by atoms with Gasteiger partial charge in [-0.3, -0.25) is 14.5 Å². The summed E-state index contributed by atoms with van der Waals surface area (Å²) in [5, 5.41) is 2.59. The fourth-order valence-electron chi connectivity index (χ4n) is 3.22. The average molecular weight is 371 g/mol. The molecule has 0 atom stereocenters. The molecule has 1 fully saturated rings. The van der Waals surface area contributed by atoms with Crippen LogP contribution in [0.4, 0.5) is 0 Å². The molecule has 0 radical (unpaired) electrons. The van der Waals surface area contributed by atoms with Crippen molar-refractivity contribution in [1.82, 2.24) is 15.1 Å². The van der Waals surface area contributed by atoms with E-state index in [0.29, 0.717) is 13.1 Å². The molecule has 0 spiro atoms. The van der Waals surface area contributed by atoms with Crippen molar-refractivity contribution in [3.8, 4) is 11.5 Å². The van der Waals surface area contributed by atoms with Gasteiger partial charge in [0.25, 0.3) is 5.91 Å². The maximum atomic E-state index is 12.3. The summed E-state index contributed by atoms with van der Waals surface area (Å²) in [4.78, 5) is 28.2. The molecule has 8 nitrogen and oxygen atoms in total. The molecule has 4 rings (SSSR count). The number of amides is 2. The van der Waals surface area contributed by atoms with Crippen LogP contribution in [0.3, 0.4) is 0 Å². The number of carbonyl (C=O) groups excluding carboxylic acids is 2. The molecule has 3 heterocycles. The van der Waals surface area contributed by atoms with E-state index in [9.17, 15) is 9.59 Å². The summed E-state index contributed by atoms with van der Waals surface area (Å²) in [6, 6.07) is 9.17. The second kappa shape index (κ2) is 7.71. The number of piperazine rings is 1. The van der Waals surface area contributed by atoms with Crippen LogP contribution in [-0.4, -0.2) is 61.1 Å². The zero-order valence-electron chi connectivity index (χ0n) is 14.8. The van der Waals surface area contributed by atoms with Gasteiger partial charge in [0, 0.05) is 32.7 Å². The van der Waals surface area contributed by atoms with Crippen LogP contribution in [0.2, 0.25) is 0 Å². The molecule has 2 amide bonds. The smallest absolute Gasteiger partial charge is 0.287 e. The summed E-state index contributed by atoms with van der Waals surface area (Å²) < 4.78 is 15.8. The van der Waals surface area contributed by atoms with Crippen LogP contribution in [0.1, 0.15) is 16.1 Å². The SMILES string of the molecule is O=C(NCC(=O)N1CCN(Cc2ccc3c(c2)OCO3)CC1)c1ccco1. The van der Waals surface area contributed by atoms with Gasteiger partial charge in [-0.05, 0) is 29.8 Å². The van der Waals surface area contributed by atoms with Gasteiger partial charge in [0.2, 0.25) is 12.7 Å². The highest BCUT2D eigenvalue weighted by Crippen LogP contribution is 2.32. The molecule has 27 heavy (non-hydrogen) atoms. The quantitative estimate of drug-likeness (QED) is 0.847. The molecule has 2 aromatic rings. The second-order valence-electron chi connectivity index (χ2n) is 6.50. The zero-order valence-corrected chi connectivity index (χ0v) is 14.8. The van der Waals surface area contributed by atoms with Crippen LogP contribution in [0.15, 0.2) is 41.0 Å². The number of benzene rings is 1. The monoisotopic (exact) mass is 371 g/mol. The minimum absolute atomic E-state index is 0.0261. The van der Waals surface area contributed by atoms with E-state index >= 15 is 0 Å². The third-order valence-corrected chi connectivity index (χ3v) is 4.71. The maximum Gasteiger partial charge on any atom is 0.287 e. The Kier molecular flexibility index (Phi) is 4.97. The normalized spacial score (nSPS) is 16.4. The van der Waals surface area contributed by atoms with Crippen LogP contribution < -0.4 is 14.8 Å². The van der Waals surface area contributed by atoms with Gasteiger partial charge in [0.15, 0.2) is 17.3 Å². The molecule has 0 bridgehead atoms. The molecular weight excluding hydrogens is 350 g/mol. The molecule has 142 valence electrons. The number of hydrogen-bond acceptors (Lipinski definition) is 6. The standard InChI is InChI=1S/C19H21N3O5/c23-18(11-20-19(24)16-2-1-9-25-16)22-7-5-21(6-8-22)12-14-3-4-15-17(10-14)27-13-26-15/h1-4,9-10H,5-8,11-13H2,(H,20,24). The maximum absolute atomic E-state index is 12.3. The minimum Gasteiger partial charge on any atom is -0.459 e. The number of rotatable bonds is 5. The first-order valence-electron chi connectivity index (χ1n) is 8.89. The summed E-state index contributed by atoms with van der Waals surface area (Å²) in [6.07, 6.45) is 1.43. The van der Waals surface area contributed by atoms with E-state index in [0.717, 1.165) is 36.7 Å². The van der Waals surface area contributed by atoms with Crippen LogP contribution in [0.25, 0.3) is 0 Å². The van der Waals surface area contributed by atoms with Crippen molar-refractivity contribution < 1.29 is 23.5 Å². The zero-order chi connectivity index (χ0) is 18.6. The first kappa shape index (κ1) is 17.4. The van der Waals surface area contributed by atoms with Crippen molar-refractivity contribution in [3.63, 3.8) is 0 Å². The van der Waals surface area contributed by atoms with Crippen LogP contribution in [-0.2, 0) is 11.3 Å². The molecule has 1 N–H and O–H groups in total. The number of furan rings is 1. The lowest BCUT2D eigenvalue weighted by atomic mass is 10.1. The Bertz CT molecular complexity index is 813. The Labute approximate surface area is 156 Å². The number of nitrogens with one attached hydrogen (secondary N) is 1. The molecular formula is C19H21N3O5. The molecule has 0 saturated carbocycles. The van der Waals surface area contributed by atoms with Crippen LogP contribution in [0, 0.1) is 0 Å². The summed E-state index contributed by atoms with van der Waals surface area (Å²) >= 11 is 0. The lowest BCUT2D eigenvalue weighted by Gasteiger charge is -2.34. The van der Waals surface area contributed by atoms with Crippen LogP contribution >= 0.6 is 0 Å². The third-order valence-electron chi connectivity index (χ3n) is 4.71. The van der Waals surface area contributed by atoms with Gasteiger partial charge < -0.3 is 24.1 Å². The third kappa shape index (κ3) is 4.06. The Hall–Kier alpha value is -3.00. The van der Waals surface area contributed by atoms with E-state index in [2.05, 4.69) is 10.2 Å². The fraction of sp³-hybridized carbons (Fsp3) is 0.368. The Morgan fingerprint density at radius 3 is 2.63 bits per heavy atom. The van der Waals surface area contributed by atoms with Gasteiger partial charge >= 0.3 is 0 Å². The van der Waals surface area contributed by atoms with Gasteiger partial charge in [0.1, 0.15) is 0 Å². The highest BCUT2D eigenvalue weighted by atomic mass is 16.7. The van der Waals surface area contributed by atoms with E-state index in [1.807, 2.05) is 18.2 Å². The average Bonchev–Trinajstić information content (AvgIpc) is 3.38. The van der Waals surface area contributed by atoms with E-state index in [4.69, 9.17) is 13.9 Å². The number of hydrogen-bond donors (Lipinski definition) is 1. The van der Waals surface area contributed by atoms with Crippen LogP contribution in [0.5, 0.6) is 11.5 Å². The first-order valence-corrected chi connectivity index (χ1v) is 8.89. The molecule has 8 heteroatoms. The summed E-state index contributed by atoms with van der Waals surface area (Å²) in [7, 11) is 0. The molecule has 1 aromatic heterocycles. The fourth-order valence-corrected chi connectivity index (χ4v) is 3.22. The molecule has 1 saturated heterocycles. The highest BCUT2D eigenvalue weighted by Gasteiger charge is 2.22. The Morgan fingerprint density at radius 2 is 1.85 bits per heavy atom. The summed E-state index contributed by atoms with van der Waals surface area (Å²) in [6.45, 7) is 3.89. The van der Waals surface area contributed by atoms with Gasteiger partial charge in [-0.2, -0.15) is 0 Å². The molecule has 0 aliphatic carbocycles. The highest BCUT2D eigenvalue weighted by molar-refractivity contribution is 5.94. The van der Waals surface area contributed by atoms with E-state index in [1.165, 1.54) is 6.26 Å². The van der Waals surface area contributed by atoms with Gasteiger partial charge in [0.05, 0.1) is 12.8 Å². The van der Waals surface area contributed by atoms with Gasteiger partial charge in [-0.25, -0.2) is 0 Å². The lowest BCUT2D eigenvalue weighted by Crippen LogP contribution is -2.50. The summed E-state index contributed by atoms with van der Waals surface area (Å²) in [5.41, 5.74) is 1.16. The molecule has 0 unspecified atom stereocenters. The number of fused-ring (bicyclic) bond motifs is 1. The van der Waals surface area contributed by atoms with E-state index in [-0.39, 0.29) is 30.9 Å². The number of carbonyl (C=O) groups is 2. The lowest BCUT2D eigenvalue weighted by molar-refractivity contribution is -0.131. The minimum atomic E-state index is -0.380. The summed E-state index contributed by atoms with van der Waals surface area (Å²) in [5.74, 6) is 1.31. The van der Waals surface area contributed by atoms with E-state index in [1.54, 1.807) is 17.0 Å². The topological polar surface area (TPSA) is 84.3 Å². The Morgan fingerprint density at radius 1 is 1.04 bits per heavy atom.